The third-order valence-electron chi connectivity index (χ3n) is 4.78. The third kappa shape index (κ3) is 4.46. The van der Waals surface area contributed by atoms with Crippen LogP contribution in [-0.2, 0) is 16.0 Å². The van der Waals surface area contributed by atoms with E-state index in [2.05, 4.69) is 15.2 Å². The Bertz CT molecular complexity index is 686. The lowest BCUT2D eigenvalue weighted by Crippen LogP contribution is -2.54. The van der Waals surface area contributed by atoms with E-state index in [1.165, 1.54) is 0 Å². The molecule has 0 atom stereocenters. The maximum Gasteiger partial charge on any atom is 0.231 e. The van der Waals surface area contributed by atoms with Gasteiger partial charge in [0.05, 0.1) is 6.42 Å². The zero-order chi connectivity index (χ0) is 17.8. The van der Waals surface area contributed by atoms with Crippen molar-refractivity contribution in [3.8, 4) is 0 Å². The van der Waals surface area contributed by atoms with Crippen molar-refractivity contribution >= 4 is 47.4 Å². The Kier molecular flexibility index (Phi) is 7.24. The molecule has 1 aromatic rings. The minimum atomic E-state index is 0. The van der Waals surface area contributed by atoms with Gasteiger partial charge in [0.15, 0.2) is 5.96 Å². The molecular weight excluding hydrogens is 445 g/mol. The quantitative estimate of drug-likeness (QED) is 0.405. The molecule has 1 fully saturated rings. The maximum atomic E-state index is 12.2. The largest absolute Gasteiger partial charge is 0.354 e. The van der Waals surface area contributed by atoms with Crippen molar-refractivity contribution in [2.45, 2.75) is 13.3 Å². The lowest BCUT2D eigenvalue weighted by Gasteiger charge is -2.36. The maximum absolute atomic E-state index is 12.2. The van der Waals surface area contributed by atoms with E-state index < -0.39 is 0 Å². The molecule has 1 aromatic carbocycles. The highest BCUT2D eigenvalue weighted by Gasteiger charge is 2.26. The summed E-state index contributed by atoms with van der Waals surface area (Å²) < 4.78 is 0. The topological polar surface area (TPSA) is 68.2 Å². The van der Waals surface area contributed by atoms with Gasteiger partial charge in [0.25, 0.3) is 0 Å². The van der Waals surface area contributed by atoms with E-state index in [-0.39, 0.29) is 35.8 Å². The number of nitrogens with zero attached hydrogens (tertiary/aromatic N) is 4. The summed E-state index contributed by atoms with van der Waals surface area (Å²) in [5.41, 5.74) is 2.11. The number of fused-ring (bicyclic) bond motifs is 1. The molecule has 8 heteroatoms. The standard InChI is InChI=1S/C18H25N5O2.HI/c1-14(24)21-9-11-22(12-10-21)18(19-2)20-7-8-23-16-6-4-3-5-15(16)13-17(23)25;/h3-6H,7-13H2,1-2H3,(H,19,20);1H. The van der Waals surface area contributed by atoms with Crippen LogP contribution < -0.4 is 10.2 Å². The summed E-state index contributed by atoms with van der Waals surface area (Å²) in [5.74, 6) is 1.09. The van der Waals surface area contributed by atoms with Crippen molar-refractivity contribution in [3.63, 3.8) is 0 Å². The molecule has 2 aliphatic rings. The third-order valence-corrected chi connectivity index (χ3v) is 4.78. The van der Waals surface area contributed by atoms with Crippen molar-refractivity contribution < 1.29 is 9.59 Å². The summed E-state index contributed by atoms with van der Waals surface area (Å²) in [5, 5.41) is 3.34. The van der Waals surface area contributed by atoms with E-state index in [9.17, 15) is 9.59 Å². The number of amides is 2. The Labute approximate surface area is 171 Å². The van der Waals surface area contributed by atoms with Gasteiger partial charge in [-0.1, -0.05) is 18.2 Å². The number of hydrogen-bond donors (Lipinski definition) is 1. The second-order valence-electron chi connectivity index (χ2n) is 6.32. The predicted octanol–water partition coefficient (Wildman–Crippen LogP) is 0.933. The van der Waals surface area contributed by atoms with E-state index in [0.717, 1.165) is 30.3 Å². The number of halogens is 1. The highest BCUT2D eigenvalue weighted by molar-refractivity contribution is 14.0. The molecule has 0 bridgehead atoms. The van der Waals surface area contributed by atoms with Crippen LogP contribution in [0.3, 0.4) is 0 Å². The minimum Gasteiger partial charge on any atom is -0.354 e. The summed E-state index contributed by atoms with van der Waals surface area (Å²) in [7, 11) is 1.76. The molecule has 0 radical (unpaired) electrons. The smallest absolute Gasteiger partial charge is 0.231 e. The van der Waals surface area contributed by atoms with Crippen LogP contribution in [0.1, 0.15) is 12.5 Å². The molecule has 7 nitrogen and oxygen atoms in total. The average Bonchev–Trinajstić information content (AvgIpc) is 2.94. The van der Waals surface area contributed by atoms with E-state index in [1.807, 2.05) is 34.1 Å². The normalized spacial score (nSPS) is 17.1. The molecule has 0 spiro atoms. The second-order valence-corrected chi connectivity index (χ2v) is 6.32. The van der Waals surface area contributed by atoms with Gasteiger partial charge >= 0.3 is 0 Å². The van der Waals surface area contributed by atoms with Crippen molar-refractivity contribution in [2.24, 2.45) is 4.99 Å². The van der Waals surface area contributed by atoms with Gasteiger partial charge in [0.2, 0.25) is 11.8 Å². The number of guanidine groups is 1. The lowest BCUT2D eigenvalue weighted by atomic mass is 10.2. The number of para-hydroxylation sites is 1. The SMILES string of the molecule is CN=C(NCCN1C(=O)Cc2ccccc21)N1CCN(C(C)=O)CC1.I. The molecule has 2 amide bonds. The Hall–Kier alpha value is -1.84. The molecule has 26 heavy (non-hydrogen) atoms. The van der Waals surface area contributed by atoms with E-state index in [0.29, 0.717) is 32.6 Å². The zero-order valence-electron chi connectivity index (χ0n) is 15.3. The van der Waals surface area contributed by atoms with Gasteiger partial charge in [-0.2, -0.15) is 0 Å². The first kappa shape index (κ1) is 20.5. The van der Waals surface area contributed by atoms with Crippen LogP contribution in [-0.4, -0.2) is 73.9 Å². The van der Waals surface area contributed by atoms with E-state index in [4.69, 9.17) is 0 Å². The monoisotopic (exact) mass is 471 g/mol. The Morgan fingerprint density at radius 3 is 2.46 bits per heavy atom. The molecule has 2 heterocycles. The molecule has 0 aliphatic carbocycles. The molecule has 1 saturated heterocycles. The second kappa shape index (κ2) is 9.20. The van der Waals surface area contributed by atoms with Crippen LogP contribution in [0.25, 0.3) is 0 Å². The number of carbonyl (C=O) groups is 2. The van der Waals surface area contributed by atoms with Gasteiger partial charge in [0, 0.05) is 58.9 Å². The molecule has 1 N–H and O–H groups in total. The van der Waals surface area contributed by atoms with Gasteiger partial charge in [-0.3, -0.25) is 14.6 Å². The van der Waals surface area contributed by atoms with Crippen LogP contribution >= 0.6 is 24.0 Å². The first-order valence-corrected chi connectivity index (χ1v) is 8.69. The van der Waals surface area contributed by atoms with Gasteiger partial charge in [-0.25, -0.2) is 0 Å². The Morgan fingerprint density at radius 2 is 1.81 bits per heavy atom. The zero-order valence-corrected chi connectivity index (χ0v) is 17.6. The van der Waals surface area contributed by atoms with Gasteiger partial charge in [-0.05, 0) is 11.6 Å². The van der Waals surface area contributed by atoms with Crippen molar-refractivity contribution in [1.29, 1.82) is 0 Å². The number of anilines is 1. The van der Waals surface area contributed by atoms with Crippen LogP contribution in [0.4, 0.5) is 5.69 Å². The molecule has 3 rings (SSSR count). The number of carbonyl (C=O) groups excluding carboxylic acids is 2. The number of hydrogen-bond acceptors (Lipinski definition) is 3. The van der Waals surface area contributed by atoms with Crippen LogP contribution in [0.15, 0.2) is 29.3 Å². The predicted molar refractivity (Wildman–Crippen MR) is 113 cm³/mol. The van der Waals surface area contributed by atoms with Gasteiger partial charge < -0.3 is 20.0 Å². The fourth-order valence-corrected chi connectivity index (χ4v) is 3.41. The number of piperazine rings is 1. The lowest BCUT2D eigenvalue weighted by molar-refractivity contribution is -0.130. The number of aliphatic imine (C=N–C) groups is 1. The first-order chi connectivity index (χ1) is 12.1. The fraction of sp³-hybridized carbons (Fsp3) is 0.500. The van der Waals surface area contributed by atoms with Crippen molar-refractivity contribution in [2.75, 3.05) is 51.2 Å². The van der Waals surface area contributed by atoms with E-state index >= 15 is 0 Å². The Morgan fingerprint density at radius 1 is 1.15 bits per heavy atom. The molecular formula is C18H26IN5O2. The molecule has 0 saturated carbocycles. The van der Waals surface area contributed by atoms with Crippen LogP contribution in [0.2, 0.25) is 0 Å². The average molecular weight is 471 g/mol. The molecule has 142 valence electrons. The Balaban J connectivity index is 0.00000243. The number of rotatable bonds is 3. The van der Waals surface area contributed by atoms with Crippen molar-refractivity contribution in [3.05, 3.63) is 29.8 Å². The van der Waals surface area contributed by atoms with Gasteiger partial charge in [-0.15, -0.1) is 24.0 Å². The van der Waals surface area contributed by atoms with Crippen LogP contribution in [0, 0.1) is 0 Å². The summed E-state index contributed by atoms with van der Waals surface area (Å²) >= 11 is 0. The highest BCUT2D eigenvalue weighted by atomic mass is 127. The van der Waals surface area contributed by atoms with Crippen LogP contribution in [0.5, 0.6) is 0 Å². The summed E-state index contributed by atoms with van der Waals surface area (Å²) in [6.45, 7) is 5.83. The van der Waals surface area contributed by atoms with E-state index in [1.54, 1.807) is 14.0 Å². The first-order valence-electron chi connectivity index (χ1n) is 8.69. The molecule has 2 aliphatic heterocycles. The highest BCUT2D eigenvalue weighted by Crippen LogP contribution is 2.27. The molecule has 0 unspecified atom stereocenters. The summed E-state index contributed by atoms with van der Waals surface area (Å²) in [6.07, 6.45) is 0.484. The summed E-state index contributed by atoms with van der Waals surface area (Å²) in [4.78, 5) is 33.8. The number of nitrogens with one attached hydrogen (secondary N) is 1. The fourth-order valence-electron chi connectivity index (χ4n) is 3.41. The minimum absolute atomic E-state index is 0. The number of benzene rings is 1. The molecule has 0 aromatic heterocycles. The van der Waals surface area contributed by atoms with Gasteiger partial charge in [0.1, 0.15) is 0 Å². The summed E-state index contributed by atoms with van der Waals surface area (Å²) in [6, 6.07) is 7.94. The van der Waals surface area contributed by atoms with Crippen molar-refractivity contribution in [1.82, 2.24) is 15.1 Å².